The fourth-order valence-corrected chi connectivity index (χ4v) is 2.46. The largest absolute Gasteiger partial charge is 0.481 e. The molecule has 2 amide bonds. The van der Waals surface area contributed by atoms with Crippen molar-refractivity contribution in [2.75, 3.05) is 6.54 Å². The standard InChI is InChI=1S/C20H22N2O4/c23-17(24)13-7-8-14-21-20(26)18(15-9-3-1-4-10-15)22-19(25)16-11-5-2-6-12-16/h1-6,9-12,18H,7-8,13-14H2,(H,21,26)(H,22,25)(H,23,24). The number of nitrogens with one attached hydrogen (secondary N) is 2. The number of carboxylic acid groups (broad SMARTS) is 1. The molecule has 2 rings (SSSR count). The highest BCUT2D eigenvalue weighted by atomic mass is 16.4. The highest BCUT2D eigenvalue weighted by Crippen LogP contribution is 2.14. The van der Waals surface area contributed by atoms with E-state index in [2.05, 4.69) is 10.6 Å². The minimum Gasteiger partial charge on any atom is -0.481 e. The Hall–Kier alpha value is -3.15. The summed E-state index contributed by atoms with van der Waals surface area (Å²) < 4.78 is 0. The molecule has 0 saturated carbocycles. The molecule has 0 aromatic heterocycles. The lowest BCUT2D eigenvalue weighted by Crippen LogP contribution is -2.40. The third-order valence-electron chi connectivity index (χ3n) is 3.82. The molecular formula is C20H22N2O4. The van der Waals surface area contributed by atoms with Gasteiger partial charge >= 0.3 is 5.97 Å². The Balaban J connectivity index is 2.01. The molecule has 0 aliphatic carbocycles. The summed E-state index contributed by atoms with van der Waals surface area (Å²) in [7, 11) is 0. The maximum atomic E-state index is 12.6. The highest BCUT2D eigenvalue weighted by molar-refractivity contribution is 5.97. The lowest BCUT2D eigenvalue weighted by atomic mass is 10.1. The third-order valence-corrected chi connectivity index (χ3v) is 3.82. The second kappa shape index (κ2) is 9.98. The molecule has 0 bridgehead atoms. The van der Waals surface area contributed by atoms with Crippen LogP contribution in [0, 0.1) is 0 Å². The Bertz CT molecular complexity index is 732. The quantitative estimate of drug-likeness (QED) is 0.603. The molecule has 26 heavy (non-hydrogen) atoms. The van der Waals surface area contributed by atoms with Crippen molar-refractivity contribution < 1.29 is 19.5 Å². The fourth-order valence-electron chi connectivity index (χ4n) is 2.46. The number of benzene rings is 2. The summed E-state index contributed by atoms with van der Waals surface area (Å²) in [6.45, 7) is 0.358. The van der Waals surface area contributed by atoms with Crippen molar-refractivity contribution in [2.45, 2.75) is 25.3 Å². The number of aliphatic carboxylic acids is 1. The first-order valence-corrected chi connectivity index (χ1v) is 8.48. The van der Waals surface area contributed by atoms with Gasteiger partial charge in [0.2, 0.25) is 5.91 Å². The Kier molecular flexibility index (Phi) is 7.36. The number of carbonyl (C=O) groups excluding carboxylic acids is 2. The van der Waals surface area contributed by atoms with E-state index in [4.69, 9.17) is 5.11 Å². The second-order valence-electron chi connectivity index (χ2n) is 5.83. The average molecular weight is 354 g/mol. The lowest BCUT2D eigenvalue weighted by molar-refractivity contribution is -0.137. The van der Waals surface area contributed by atoms with Gasteiger partial charge in [0.1, 0.15) is 6.04 Å². The highest BCUT2D eigenvalue weighted by Gasteiger charge is 2.22. The van der Waals surface area contributed by atoms with E-state index in [0.29, 0.717) is 30.5 Å². The molecule has 1 atom stereocenters. The Morgan fingerprint density at radius 1 is 0.885 bits per heavy atom. The first kappa shape index (κ1) is 19.2. The van der Waals surface area contributed by atoms with E-state index >= 15 is 0 Å². The van der Waals surface area contributed by atoms with Gasteiger partial charge in [-0.15, -0.1) is 0 Å². The summed E-state index contributed by atoms with van der Waals surface area (Å²) in [5, 5.41) is 14.2. The predicted octanol–water partition coefficient (Wildman–Crippen LogP) is 2.53. The summed E-state index contributed by atoms with van der Waals surface area (Å²) in [6.07, 6.45) is 1.12. The lowest BCUT2D eigenvalue weighted by Gasteiger charge is -2.19. The molecule has 6 nitrogen and oxygen atoms in total. The number of carbonyl (C=O) groups is 3. The molecule has 1 unspecified atom stereocenters. The van der Waals surface area contributed by atoms with Crippen LogP contribution in [0.5, 0.6) is 0 Å². The summed E-state index contributed by atoms with van der Waals surface area (Å²) in [5.74, 6) is -1.51. The SMILES string of the molecule is O=C(O)CCCCNC(=O)C(NC(=O)c1ccccc1)c1ccccc1. The molecule has 0 saturated heterocycles. The number of rotatable bonds is 9. The van der Waals surface area contributed by atoms with Crippen molar-refractivity contribution in [3.8, 4) is 0 Å². The van der Waals surface area contributed by atoms with Crippen LogP contribution in [0.2, 0.25) is 0 Å². The monoisotopic (exact) mass is 354 g/mol. The van der Waals surface area contributed by atoms with Gasteiger partial charge < -0.3 is 15.7 Å². The Morgan fingerprint density at radius 2 is 1.50 bits per heavy atom. The number of hydrogen-bond donors (Lipinski definition) is 3. The van der Waals surface area contributed by atoms with E-state index in [1.54, 1.807) is 48.5 Å². The molecule has 0 radical (unpaired) electrons. The zero-order valence-electron chi connectivity index (χ0n) is 14.4. The molecule has 0 fully saturated rings. The summed E-state index contributed by atoms with van der Waals surface area (Å²) in [4.78, 5) is 35.5. The van der Waals surface area contributed by atoms with Gasteiger partial charge in [-0.05, 0) is 30.5 Å². The summed E-state index contributed by atoms with van der Waals surface area (Å²) >= 11 is 0. The number of amides is 2. The Morgan fingerprint density at radius 3 is 2.12 bits per heavy atom. The van der Waals surface area contributed by atoms with E-state index < -0.39 is 12.0 Å². The molecule has 0 aliphatic heterocycles. The van der Waals surface area contributed by atoms with Crippen molar-refractivity contribution in [1.29, 1.82) is 0 Å². The maximum absolute atomic E-state index is 12.6. The maximum Gasteiger partial charge on any atom is 0.303 e. The van der Waals surface area contributed by atoms with Gasteiger partial charge in [-0.1, -0.05) is 48.5 Å². The van der Waals surface area contributed by atoms with Gasteiger partial charge in [0.05, 0.1) is 0 Å². The summed E-state index contributed by atoms with van der Waals surface area (Å²) in [6, 6.07) is 16.9. The van der Waals surface area contributed by atoms with Crippen LogP contribution < -0.4 is 10.6 Å². The van der Waals surface area contributed by atoms with Crippen molar-refractivity contribution in [3.05, 3.63) is 71.8 Å². The smallest absolute Gasteiger partial charge is 0.303 e. The Labute approximate surface area is 152 Å². The van der Waals surface area contributed by atoms with Crippen molar-refractivity contribution in [3.63, 3.8) is 0 Å². The predicted molar refractivity (Wildman–Crippen MR) is 97.6 cm³/mol. The van der Waals surface area contributed by atoms with Crippen LogP contribution >= 0.6 is 0 Å². The van der Waals surface area contributed by atoms with Gasteiger partial charge in [-0.2, -0.15) is 0 Å². The third kappa shape index (κ3) is 6.05. The topological polar surface area (TPSA) is 95.5 Å². The van der Waals surface area contributed by atoms with Crippen molar-refractivity contribution in [1.82, 2.24) is 10.6 Å². The van der Waals surface area contributed by atoms with E-state index in [0.717, 1.165) is 0 Å². The van der Waals surface area contributed by atoms with Crippen LogP contribution in [0.3, 0.4) is 0 Å². The molecule has 136 valence electrons. The molecule has 2 aromatic rings. The molecule has 0 spiro atoms. The van der Waals surface area contributed by atoms with Gasteiger partial charge in [-0.3, -0.25) is 14.4 Å². The zero-order chi connectivity index (χ0) is 18.8. The number of hydrogen-bond acceptors (Lipinski definition) is 3. The van der Waals surface area contributed by atoms with E-state index in [-0.39, 0.29) is 18.2 Å². The number of carboxylic acids is 1. The molecular weight excluding hydrogens is 332 g/mol. The minimum atomic E-state index is -0.853. The molecule has 0 heterocycles. The number of unbranched alkanes of at least 4 members (excludes halogenated alkanes) is 1. The minimum absolute atomic E-state index is 0.0722. The molecule has 0 aliphatic rings. The normalized spacial score (nSPS) is 11.4. The van der Waals surface area contributed by atoms with Gasteiger partial charge in [-0.25, -0.2) is 0 Å². The van der Waals surface area contributed by atoms with Gasteiger partial charge in [0, 0.05) is 18.5 Å². The molecule has 2 aromatic carbocycles. The molecule has 6 heteroatoms. The van der Waals surface area contributed by atoms with E-state index in [1.807, 2.05) is 12.1 Å². The first-order chi connectivity index (χ1) is 12.6. The fraction of sp³-hybridized carbons (Fsp3) is 0.250. The van der Waals surface area contributed by atoms with Crippen LogP contribution in [-0.2, 0) is 9.59 Å². The average Bonchev–Trinajstić information content (AvgIpc) is 2.66. The van der Waals surface area contributed by atoms with Crippen LogP contribution in [0.15, 0.2) is 60.7 Å². The van der Waals surface area contributed by atoms with Crippen LogP contribution in [0.25, 0.3) is 0 Å². The summed E-state index contributed by atoms with van der Waals surface area (Å²) in [5.41, 5.74) is 1.16. The van der Waals surface area contributed by atoms with Crippen LogP contribution in [0.4, 0.5) is 0 Å². The zero-order valence-corrected chi connectivity index (χ0v) is 14.4. The van der Waals surface area contributed by atoms with Crippen molar-refractivity contribution in [2.24, 2.45) is 0 Å². The second-order valence-corrected chi connectivity index (χ2v) is 5.83. The molecule has 3 N–H and O–H groups in total. The van der Waals surface area contributed by atoms with Gasteiger partial charge in [0.15, 0.2) is 0 Å². The van der Waals surface area contributed by atoms with Crippen LogP contribution in [-0.4, -0.2) is 29.4 Å². The van der Waals surface area contributed by atoms with Crippen LogP contribution in [0.1, 0.15) is 41.2 Å². The van der Waals surface area contributed by atoms with Crippen molar-refractivity contribution >= 4 is 17.8 Å². The van der Waals surface area contributed by atoms with E-state index in [1.165, 1.54) is 0 Å². The first-order valence-electron chi connectivity index (χ1n) is 8.48. The van der Waals surface area contributed by atoms with Gasteiger partial charge in [0.25, 0.3) is 5.91 Å². The van der Waals surface area contributed by atoms with E-state index in [9.17, 15) is 14.4 Å².